The molecule has 0 aromatic heterocycles. The fourth-order valence-electron chi connectivity index (χ4n) is 1.95. The molecule has 24 heavy (non-hydrogen) atoms. The Bertz CT molecular complexity index is 553. The number of hydrogen-bond acceptors (Lipinski definition) is 4. The van der Waals surface area contributed by atoms with E-state index in [2.05, 4.69) is 32.6 Å². The van der Waals surface area contributed by atoms with Crippen molar-refractivity contribution in [2.45, 2.75) is 34.1 Å². The van der Waals surface area contributed by atoms with Gasteiger partial charge in [-0.1, -0.05) is 26.0 Å². The molecule has 132 valence electrons. The van der Waals surface area contributed by atoms with Crippen LogP contribution in [0.1, 0.15) is 39.7 Å². The number of amides is 1. The quantitative estimate of drug-likeness (QED) is 0.593. The highest BCUT2D eigenvalue weighted by Crippen LogP contribution is 2.16. The topological polar surface area (TPSA) is 90.3 Å². The molecular weight excluding hydrogens is 302 g/mol. The number of benzene rings is 1. The van der Waals surface area contributed by atoms with Gasteiger partial charge in [-0.15, -0.1) is 0 Å². The molecule has 1 aromatic rings. The van der Waals surface area contributed by atoms with Gasteiger partial charge < -0.3 is 15.7 Å². The van der Waals surface area contributed by atoms with Crippen molar-refractivity contribution in [3.63, 3.8) is 0 Å². The number of aliphatic hydroxyl groups is 1. The van der Waals surface area contributed by atoms with Crippen LogP contribution >= 0.6 is 0 Å². The monoisotopic (exact) mass is 331 g/mol. The molecule has 0 aliphatic carbocycles. The maximum absolute atomic E-state index is 10.9. The van der Waals surface area contributed by atoms with E-state index in [-0.39, 0.29) is 5.57 Å². The van der Waals surface area contributed by atoms with Crippen LogP contribution in [0.5, 0.6) is 0 Å². The summed E-state index contributed by atoms with van der Waals surface area (Å²) < 4.78 is 0. The Morgan fingerprint density at radius 3 is 2.12 bits per heavy atom. The predicted octanol–water partition coefficient (Wildman–Crippen LogP) is 2.95. The zero-order valence-electron chi connectivity index (χ0n) is 15.1. The average Bonchev–Trinajstić information content (AvgIpc) is 2.55. The van der Waals surface area contributed by atoms with Crippen LogP contribution in [0.4, 0.5) is 5.69 Å². The van der Waals surface area contributed by atoms with Crippen molar-refractivity contribution in [3.05, 3.63) is 35.4 Å². The van der Waals surface area contributed by atoms with Crippen LogP contribution in [0.3, 0.4) is 0 Å². The number of nitriles is 1. The minimum atomic E-state index is -0.703. The van der Waals surface area contributed by atoms with Crippen LogP contribution in [-0.2, 0) is 4.79 Å². The van der Waals surface area contributed by atoms with Crippen molar-refractivity contribution in [3.8, 4) is 6.07 Å². The smallest absolute Gasteiger partial charge is 0.259 e. The minimum absolute atomic E-state index is 0.0365. The maximum atomic E-state index is 10.9. The lowest BCUT2D eigenvalue weighted by atomic mass is 10.1. The second-order valence-corrected chi connectivity index (χ2v) is 5.70. The van der Waals surface area contributed by atoms with E-state index in [9.17, 15) is 4.79 Å². The Balaban J connectivity index is 0.000000754. The summed E-state index contributed by atoms with van der Waals surface area (Å²) in [6, 6.07) is 9.46. The highest BCUT2D eigenvalue weighted by Gasteiger charge is 2.04. The van der Waals surface area contributed by atoms with Gasteiger partial charge in [-0.25, -0.2) is 0 Å². The number of rotatable bonds is 7. The second-order valence-electron chi connectivity index (χ2n) is 5.70. The van der Waals surface area contributed by atoms with E-state index < -0.39 is 5.91 Å². The summed E-state index contributed by atoms with van der Waals surface area (Å²) in [7, 11) is 0. The molecule has 1 aromatic carbocycles. The van der Waals surface area contributed by atoms with Crippen molar-refractivity contribution in [1.29, 1.82) is 5.26 Å². The molecule has 0 atom stereocenters. The lowest BCUT2D eigenvalue weighted by Gasteiger charge is -2.20. The lowest BCUT2D eigenvalue weighted by molar-refractivity contribution is -0.114. The summed E-state index contributed by atoms with van der Waals surface area (Å²) in [5.74, 6) is -0.0553. The number of carbonyl (C=O) groups excluding carboxylic acids is 1. The Morgan fingerprint density at radius 1 is 1.29 bits per heavy atom. The number of aliphatic hydroxyl groups excluding tert-OH is 1. The van der Waals surface area contributed by atoms with Crippen molar-refractivity contribution >= 4 is 17.7 Å². The Hall–Kier alpha value is -2.32. The first kappa shape index (κ1) is 21.7. The molecule has 5 nitrogen and oxygen atoms in total. The zero-order valence-corrected chi connectivity index (χ0v) is 15.1. The molecule has 3 N–H and O–H groups in total. The molecular formula is C19H29N3O2. The first-order valence-corrected chi connectivity index (χ1v) is 8.26. The van der Waals surface area contributed by atoms with Crippen molar-refractivity contribution in [2.24, 2.45) is 11.7 Å². The molecule has 0 aliphatic heterocycles. The van der Waals surface area contributed by atoms with Crippen molar-refractivity contribution < 1.29 is 9.90 Å². The van der Waals surface area contributed by atoms with Gasteiger partial charge in [0.15, 0.2) is 0 Å². The SMILES string of the molecule is CC(C)CCO.CCN(CC)c1ccc(/C=C(\C#N)C(N)=O)cc1. The van der Waals surface area contributed by atoms with Gasteiger partial charge in [0.05, 0.1) is 0 Å². The summed E-state index contributed by atoms with van der Waals surface area (Å²) in [4.78, 5) is 13.1. The number of carbonyl (C=O) groups is 1. The molecule has 1 rings (SSSR count). The lowest BCUT2D eigenvalue weighted by Crippen LogP contribution is -2.21. The Morgan fingerprint density at radius 2 is 1.83 bits per heavy atom. The average molecular weight is 331 g/mol. The summed E-state index contributed by atoms with van der Waals surface area (Å²) in [6.07, 6.45) is 2.42. The number of hydrogen-bond donors (Lipinski definition) is 2. The molecule has 0 unspecified atom stereocenters. The fourth-order valence-corrected chi connectivity index (χ4v) is 1.95. The Kier molecular flexibility index (Phi) is 11.0. The van der Waals surface area contributed by atoms with E-state index in [1.165, 1.54) is 6.08 Å². The number of nitrogens with zero attached hydrogens (tertiary/aromatic N) is 2. The molecule has 0 heterocycles. The van der Waals surface area contributed by atoms with Gasteiger partial charge in [0, 0.05) is 25.4 Å². The maximum Gasteiger partial charge on any atom is 0.259 e. The van der Waals surface area contributed by atoms with Gasteiger partial charge in [0.1, 0.15) is 11.6 Å². The molecule has 0 radical (unpaired) electrons. The van der Waals surface area contributed by atoms with Crippen molar-refractivity contribution in [1.82, 2.24) is 0 Å². The van der Waals surface area contributed by atoms with Crippen molar-refractivity contribution in [2.75, 3.05) is 24.6 Å². The van der Waals surface area contributed by atoms with Crippen LogP contribution in [0.25, 0.3) is 6.08 Å². The van der Waals surface area contributed by atoms with E-state index in [1.54, 1.807) is 6.07 Å². The summed E-state index contributed by atoms with van der Waals surface area (Å²) >= 11 is 0. The van der Waals surface area contributed by atoms with Crippen LogP contribution in [0.2, 0.25) is 0 Å². The zero-order chi connectivity index (χ0) is 18.5. The largest absolute Gasteiger partial charge is 0.396 e. The number of primary amides is 1. The van der Waals surface area contributed by atoms with E-state index in [1.807, 2.05) is 24.3 Å². The third-order valence-corrected chi connectivity index (χ3v) is 3.43. The second kappa shape index (κ2) is 12.1. The summed E-state index contributed by atoms with van der Waals surface area (Å²) in [6.45, 7) is 10.6. The fraction of sp³-hybridized carbons (Fsp3) is 0.474. The predicted molar refractivity (Wildman–Crippen MR) is 99.3 cm³/mol. The van der Waals surface area contributed by atoms with E-state index in [4.69, 9.17) is 16.1 Å². The minimum Gasteiger partial charge on any atom is -0.396 e. The molecule has 0 aliphatic rings. The molecule has 0 spiro atoms. The van der Waals surface area contributed by atoms with Crippen LogP contribution in [0, 0.1) is 17.2 Å². The first-order valence-electron chi connectivity index (χ1n) is 8.26. The third-order valence-electron chi connectivity index (χ3n) is 3.43. The molecule has 5 heteroatoms. The molecule has 0 fully saturated rings. The van der Waals surface area contributed by atoms with Gasteiger partial charge in [-0.3, -0.25) is 4.79 Å². The molecule has 0 saturated carbocycles. The van der Waals surface area contributed by atoms with Crippen LogP contribution in [-0.4, -0.2) is 30.7 Å². The van der Waals surface area contributed by atoms with E-state index >= 15 is 0 Å². The summed E-state index contributed by atoms with van der Waals surface area (Å²) in [5, 5.41) is 17.0. The normalized spacial score (nSPS) is 10.6. The van der Waals surface area contributed by atoms with Gasteiger partial charge >= 0.3 is 0 Å². The van der Waals surface area contributed by atoms with Gasteiger partial charge in [0.25, 0.3) is 5.91 Å². The standard InChI is InChI=1S/C14H17N3O.C5H12O/c1-3-17(4-2)13-7-5-11(6-8-13)9-12(10-15)14(16)18;1-5(2)3-4-6/h5-9H,3-4H2,1-2H3,(H2,16,18);5-6H,3-4H2,1-2H3/b12-9+;. The number of anilines is 1. The molecule has 1 amide bonds. The Labute approximate surface area is 145 Å². The van der Waals surface area contributed by atoms with Gasteiger partial charge in [-0.2, -0.15) is 5.26 Å². The van der Waals surface area contributed by atoms with Gasteiger partial charge in [0.2, 0.25) is 0 Å². The van der Waals surface area contributed by atoms with Crippen LogP contribution < -0.4 is 10.6 Å². The van der Waals surface area contributed by atoms with Gasteiger partial charge in [-0.05, 0) is 50.0 Å². The van der Waals surface area contributed by atoms with E-state index in [0.29, 0.717) is 12.5 Å². The molecule has 0 saturated heterocycles. The van der Waals surface area contributed by atoms with Crippen LogP contribution in [0.15, 0.2) is 29.8 Å². The highest BCUT2D eigenvalue weighted by atomic mass is 16.3. The van der Waals surface area contributed by atoms with E-state index in [0.717, 1.165) is 30.8 Å². The molecule has 0 bridgehead atoms. The third kappa shape index (κ3) is 8.35. The highest BCUT2D eigenvalue weighted by molar-refractivity contribution is 6.00. The number of nitrogens with two attached hydrogens (primary N) is 1. The summed E-state index contributed by atoms with van der Waals surface area (Å²) in [5.41, 5.74) is 6.95. The first-order chi connectivity index (χ1) is 11.4.